The van der Waals surface area contributed by atoms with Gasteiger partial charge in [-0.05, 0) is 42.7 Å². The van der Waals surface area contributed by atoms with Gasteiger partial charge in [0.1, 0.15) is 0 Å². The van der Waals surface area contributed by atoms with Crippen molar-refractivity contribution in [2.45, 2.75) is 12.8 Å². The Labute approximate surface area is 213 Å². The number of carbonyl (C=O) groups is 1. The average Bonchev–Trinajstić information content (AvgIpc) is 2.93. The Bertz CT molecular complexity index is 965. The molecular weight excluding hydrogens is 464 g/mol. The van der Waals surface area contributed by atoms with E-state index in [1.165, 1.54) is 26.9 Å². The Hall–Kier alpha value is -3.17. The van der Waals surface area contributed by atoms with Gasteiger partial charge in [-0.3, -0.25) is 0 Å². The van der Waals surface area contributed by atoms with E-state index in [0.29, 0.717) is 29.4 Å². The standard InChI is InChI=1S/C27H38N2O7/c1-31-22-8-7-20(17-23(22)32-2)9-11-29-14-12-28(13-15-29)10-6-16-36-27(30)21-18-24(33-3)26(35-5)25(19-21)34-4/h7-8,17-19H,6,9-16H2,1-5H3. The first kappa shape index (κ1) is 27.4. The molecule has 0 saturated carbocycles. The first-order chi connectivity index (χ1) is 17.5. The maximum absolute atomic E-state index is 12.5. The summed E-state index contributed by atoms with van der Waals surface area (Å²) < 4.78 is 32.1. The van der Waals surface area contributed by atoms with Gasteiger partial charge in [-0.15, -0.1) is 0 Å². The van der Waals surface area contributed by atoms with Gasteiger partial charge >= 0.3 is 5.97 Å². The minimum atomic E-state index is -0.408. The largest absolute Gasteiger partial charge is 0.493 e. The zero-order chi connectivity index (χ0) is 25.9. The van der Waals surface area contributed by atoms with Crippen LogP contribution in [0.25, 0.3) is 0 Å². The van der Waals surface area contributed by atoms with Crippen LogP contribution in [0.1, 0.15) is 22.3 Å². The van der Waals surface area contributed by atoms with Gasteiger partial charge in [-0.25, -0.2) is 4.79 Å². The number of piperazine rings is 1. The summed E-state index contributed by atoms with van der Waals surface area (Å²) >= 11 is 0. The van der Waals surface area contributed by atoms with Gasteiger partial charge in [0.2, 0.25) is 5.75 Å². The summed E-state index contributed by atoms with van der Waals surface area (Å²) in [5.41, 5.74) is 1.61. The number of carbonyl (C=O) groups excluding carboxylic acids is 1. The first-order valence-electron chi connectivity index (χ1n) is 12.2. The second kappa shape index (κ2) is 13.8. The molecule has 1 aliphatic heterocycles. The van der Waals surface area contributed by atoms with E-state index in [4.69, 9.17) is 28.4 Å². The fourth-order valence-electron chi connectivity index (χ4n) is 4.30. The van der Waals surface area contributed by atoms with Gasteiger partial charge in [0.05, 0.1) is 47.7 Å². The van der Waals surface area contributed by atoms with Crippen molar-refractivity contribution < 1.29 is 33.2 Å². The summed E-state index contributed by atoms with van der Waals surface area (Å²) in [5, 5.41) is 0. The van der Waals surface area contributed by atoms with Crippen molar-refractivity contribution in [2.75, 3.05) is 81.4 Å². The molecule has 1 aliphatic rings. The number of benzene rings is 2. The van der Waals surface area contributed by atoms with Crippen LogP contribution in [-0.2, 0) is 11.2 Å². The Kier molecular flexibility index (Phi) is 10.5. The molecule has 0 amide bonds. The number of rotatable bonds is 13. The molecule has 1 saturated heterocycles. The number of hydrogen-bond acceptors (Lipinski definition) is 9. The molecule has 3 rings (SSSR count). The van der Waals surface area contributed by atoms with E-state index in [1.807, 2.05) is 6.07 Å². The molecule has 0 spiro atoms. The van der Waals surface area contributed by atoms with Crippen LogP contribution in [0.15, 0.2) is 30.3 Å². The molecule has 9 heteroatoms. The molecule has 36 heavy (non-hydrogen) atoms. The van der Waals surface area contributed by atoms with Crippen molar-refractivity contribution in [3.63, 3.8) is 0 Å². The highest BCUT2D eigenvalue weighted by Crippen LogP contribution is 2.38. The Morgan fingerprint density at radius 1 is 0.722 bits per heavy atom. The van der Waals surface area contributed by atoms with E-state index >= 15 is 0 Å². The zero-order valence-corrected chi connectivity index (χ0v) is 22.0. The molecule has 0 bridgehead atoms. The summed E-state index contributed by atoms with van der Waals surface area (Å²) in [6, 6.07) is 9.31. The van der Waals surface area contributed by atoms with E-state index in [1.54, 1.807) is 26.4 Å². The fourth-order valence-corrected chi connectivity index (χ4v) is 4.30. The number of nitrogens with zero attached hydrogens (tertiary/aromatic N) is 2. The smallest absolute Gasteiger partial charge is 0.338 e. The first-order valence-corrected chi connectivity index (χ1v) is 12.2. The summed E-state index contributed by atoms with van der Waals surface area (Å²) in [6.45, 7) is 6.33. The third-order valence-corrected chi connectivity index (χ3v) is 6.38. The highest BCUT2D eigenvalue weighted by molar-refractivity contribution is 5.91. The van der Waals surface area contributed by atoms with E-state index in [-0.39, 0.29) is 0 Å². The Morgan fingerprint density at radius 3 is 1.86 bits per heavy atom. The number of ether oxygens (including phenoxy) is 6. The molecule has 2 aromatic rings. The molecule has 0 N–H and O–H groups in total. The monoisotopic (exact) mass is 502 g/mol. The summed E-state index contributed by atoms with van der Waals surface area (Å²) in [6.07, 6.45) is 1.75. The number of hydrogen-bond donors (Lipinski definition) is 0. The van der Waals surface area contributed by atoms with Gasteiger partial charge in [0.15, 0.2) is 23.0 Å². The van der Waals surface area contributed by atoms with Crippen LogP contribution in [0.4, 0.5) is 0 Å². The maximum atomic E-state index is 12.5. The van der Waals surface area contributed by atoms with Gasteiger partial charge < -0.3 is 38.2 Å². The number of esters is 1. The lowest BCUT2D eigenvalue weighted by Crippen LogP contribution is -2.47. The molecular formula is C27H38N2O7. The van der Waals surface area contributed by atoms with Crippen molar-refractivity contribution in [3.05, 3.63) is 41.5 Å². The normalized spacial score (nSPS) is 14.2. The van der Waals surface area contributed by atoms with Crippen molar-refractivity contribution in [3.8, 4) is 28.7 Å². The van der Waals surface area contributed by atoms with Crippen molar-refractivity contribution in [1.29, 1.82) is 0 Å². The lowest BCUT2D eigenvalue weighted by molar-refractivity contribution is 0.0476. The topological polar surface area (TPSA) is 78.9 Å². The molecule has 198 valence electrons. The van der Waals surface area contributed by atoms with Gasteiger partial charge in [0, 0.05) is 39.3 Å². The second-order valence-electron chi connectivity index (χ2n) is 8.53. The summed E-state index contributed by atoms with van der Waals surface area (Å²) in [4.78, 5) is 17.4. The van der Waals surface area contributed by atoms with Crippen LogP contribution >= 0.6 is 0 Å². The third-order valence-electron chi connectivity index (χ3n) is 6.38. The quantitative estimate of drug-likeness (QED) is 0.303. The van der Waals surface area contributed by atoms with Crippen molar-refractivity contribution in [2.24, 2.45) is 0 Å². The van der Waals surface area contributed by atoms with E-state index < -0.39 is 5.97 Å². The SMILES string of the molecule is COc1ccc(CCN2CCN(CCCOC(=O)c3cc(OC)c(OC)c(OC)c3)CC2)cc1OC. The third kappa shape index (κ3) is 7.18. The van der Waals surface area contributed by atoms with Crippen molar-refractivity contribution in [1.82, 2.24) is 9.80 Å². The van der Waals surface area contributed by atoms with Crippen LogP contribution < -0.4 is 23.7 Å². The lowest BCUT2D eigenvalue weighted by atomic mass is 10.1. The van der Waals surface area contributed by atoms with Gasteiger partial charge in [-0.2, -0.15) is 0 Å². The molecule has 2 aromatic carbocycles. The number of methoxy groups -OCH3 is 5. The lowest BCUT2D eigenvalue weighted by Gasteiger charge is -2.34. The van der Waals surface area contributed by atoms with Crippen LogP contribution in [0.2, 0.25) is 0 Å². The highest BCUT2D eigenvalue weighted by Gasteiger charge is 2.19. The fraction of sp³-hybridized carbons (Fsp3) is 0.519. The molecule has 9 nitrogen and oxygen atoms in total. The van der Waals surface area contributed by atoms with E-state index in [0.717, 1.165) is 63.6 Å². The van der Waals surface area contributed by atoms with Gasteiger partial charge in [-0.1, -0.05) is 6.07 Å². The van der Waals surface area contributed by atoms with Crippen molar-refractivity contribution >= 4 is 5.97 Å². The van der Waals surface area contributed by atoms with Crippen LogP contribution in [0.5, 0.6) is 28.7 Å². The molecule has 0 aliphatic carbocycles. The molecule has 0 unspecified atom stereocenters. The Morgan fingerprint density at radius 2 is 1.31 bits per heavy atom. The summed E-state index contributed by atoms with van der Waals surface area (Å²) in [7, 11) is 7.87. The molecule has 1 heterocycles. The minimum absolute atomic E-state index is 0.356. The average molecular weight is 503 g/mol. The molecule has 0 atom stereocenters. The van der Waals surface area contributed by atoms with Crippen LogP contribution in [0.3, 0.4) is 0 Å². The zero-order valence-electron chi connectivity index (χ0n) is 22.0. The van der Waals surface area contributed by atoms with Gasteiger partial charge in [0.25, 0.3) is 0 Å². The molecule has 0 aromatic heterocycles. The molecule has 0 radical (unpaired) electrons. The Balaban J connectivity index is 1.37. The predicted molar refractivity (Wildman–Crippen MR) is 137 cm³/mol. The second-order valence-corrected chi connectivity index (χ2v) is 8.53. The highest BCUT2D eigenvalue weighted by atomic mass is 16.5. The van der Waals surface area contributed by atoms with E-state index in [9.17, 15) is 4.79 Å². The van der Waals surface area contributed by atoms with Crippen LogP contribution in [0, 0.1) is 0 Å². The molecule has 1 fully saturated rings. The minimum Gasteiger partial charge on any atom is -0.493 e. The van der Waals surface area contributed by atoms with E-state index in [2.05, 4.69) is 21.9 Å². The van der Waals surface area contributed by atoms with Crippen LogP contribution in [-0.4, -0.2) is 97.2 Å². The summed E-state index contributed by atoms with van der Waals surface area (Å²) in [5.74, 6) is 2.41. The maximum Gasteiger partial charge on any atom is 0.338 e. The predicted octanol–water partition coefficient (Wildman–Crippen LogP) is 3.14.